The van der Waals surface area contributed by atoms with Crippen LogP contribution in [0.25, 0.3) is 0 Å². The maximum Gasteiger partial charge on any atom is 0.338 e. The molecule has 0 aliphatic heterocycles. The van der Waals surface area contributed by atoms with Gasteiger partial charge in [-0.15, -0.1) is 0 Å². The molecule has 110 valence electrons. The predicted octanol–water partition coefficient (Wildman–Crippen LogP) is 5.07. The van der Waals surface area contributed by atoms with Crippen LogP contribution in [0, 0.1) is 0 Å². The van der Waals surface area contributed by atoms with E-state index in [9.17, 15) is 4.79 Å². The van der Waals surface area contributed by atoms with Gasteiger partial charge < -0.3 is 4.74 Å². The zero-order valence-electron chi connectivity index (χ0n) is 12.8. The van der Waals surface area contributed by atoms with Gasteiger partial charge in [0.15, 0.2) is 0 Å². The van der Waals surface area contributed by atoms with Gasteiger partial charge in [0.05, 0.1) is 0 Å². The topological polar surface area (TPSA) is 26.3 Å². The lowest BCUT2D eigenvalue weighted by atomic mass is 10.0. The Labute approximate surface area is 122 Å². The molecule has 0 spiro atoms. The molecule has 0 radical (unpaired) electrons. The van der Waals surface area contributed by atoms with Gasteiger partial charge in [-0.2, -0.15) is 0 Å². The van der Waals surface area contributed by atoms with E-state index < -0.39 is 0 Å². The second-order valence-corrected chi connectivity index (χ2v) is 5.33. The summed E-state index contributed by atoms with van der Waals surface area (Å²) in [7, 11) is 0. The first-order valence-electron chi connectivity index (χ1n) is 7.60. The van der Waals surface area contributed by atoms with E-state index in [-0.39, 0.29) is 5.97 Å². The lowest BCUT2D eigenvalue weighted by Crippen LogP contribution is -2.07. The molecular weight excluding hydrogens is 248 g/mol. The average molecular weight is 274 g/mol. The maximum atomic E-state index is 11.4. The number of carbonyl (C=O) groups is 1. The minimum Gasteiger partial charge on any atom is -0.423 e. The normalized spacial score (nSPS) is 10.3. The second-order valence-electron chi connectivity index (χ2n) is 5.33. The molecule has 0 bridgehead atoms. The number of carbonyl (C=O) groups excluding carboxylic acids is 1. The van der Waals surface area contributed by atoms with E-state index in [1.165, 1.54) is 44.1 Å². The molecule has 0 amide bonds. The first kappa shape index (κ1) is 16.5. The molecule has 0 saturated carbocycles. The molecule has 0 aliphatic rings. The molecule has 1 rings (SSSR count). The first-order chi connectivity index (χ1) is 9.63. The standard InChI is InChI=1S/C18H26O2/c1-4-5-6-7-8-9-10-16-11-13-17(14-12-16)20-18(19)15(2)3/h11-14H,2,4-10H2,1,3H3. The zero-order valence-corrected chi connectivity index (χ0v) is 12.8. The van der Waals surface area contributed by atoms with Crippen LogP contribution < -0.4 is 4.74 Å². The molecule has 1 aromatic carbocycles. The summed E-state index contributed by atoms with van der Waals surface area (Å²) in [5.41, 5.74) is 1.72. The van der Waals surface area contributed by atoms with Crippen LogP contribution >= 0.6 is 0 Å². The third-order valence-corrected chi connectivity index (χ3v) is 3.30. The minimum atomic E-state index is -0.367. The average Bonchev–Trinajstić information content (AvgIpc) is 2.44. The Morgan fingerprint density at radius 2 is 1.65 bits per heavy atom. The summed E-state index contributed by atoms with van der Waals surface area (Å²) in [5, 5.41) is 0. The molecular formula is C18H26O2. The fourth-order valence-corrected chi connectivity index (χ4v) is 2.03. The monoisotopic (exact) mass is 274 g/mol. The number of hydrogen-bond donors (Lipinski definition) is 0. The van der Waals surface area contributed by atoms with Crippen molar-refractivity contribution >= 4 is 5.97 Å². The van der Waals surface area contributed by atoms with Crippen LogP contribution in [0.3, 0.4) is 0 Å². The van der Waals surface area contributed by atoms with E-state index in [2.05, 4.69) is 13.5 Å². The fraction of sp³-hybridized carbons (Fsp3) is 0.500. The number of unbranched alkanes of at least 4 members (excludes halogenated alkanes) is 5. The number of esters is 1. The van der Waals surface area contributed by atoms with Crippen molar-refractivity contribution < 1.29 is 9.53 Å². The summed E-state index contributed by atoms with van der Waals surface area (Å²) >= 11 is 0. The number of ether oxygens (including phenoxy) is 1. The van der Waals surface area contributed by atoms with E-state index in [4.69, 9.17) is 4.74 Å². The second kappa shape index (κ2) is 9.35. The Balaban J connectivity index is 2.28. The first-order valence-corrected chi connectivity index (χ1v) is 7.60. The fourth-order valence-electron chi connectivity index (χ4n) is 2.03. The number of rotatable bonds is 9. The van der Waals surface area contributed by atoms with Crippen molar-refractivity contribution in [3.05, 3.63) is 42.0 Å². The van der Waals surface area contributed by atoms with Gasteiger partial charge in [0, 0.05) is 5.57 Å². The summed E-state index contributed by atoms with van der Waals surface area (Å²) in [6, 6.07) is 7.78. The summed E-state index contributed by atoms with van der Waals surface area (Å²) < 4.78 is 5.16. The molecule has 0 N–H and O–H groups in total. The van der Waals surface area contributed by atoms with Crippen LogP contribution in [0.1, 0.15) is 57.9 Å². The third-order valence-electron chi connectivity index (χ3n) is 3.30. The molecule has 0 fully saturated rings. The van der Waals surface area contributed by atoms with Crippen LogP contribution in [-0.4, -0.2) is 5.97 Å². The Kier molecular flexibility index (Phi) is 7.71. The molecule has 2 heteroatoms. The Morgan fingerprint density at radius 3 is 2.25 bits per heavy atom. The van der Waals surface area contributed by atoms with Crippen LogP contribution in [0.2, 0.25) is 0 Å². The van der Waals surface area contributed by atoms with E-state index in [1.54, 1.807) is 6.92 Å². The van der Waals surface area contributed by atoms with Gasteiger partial charge >= 0.3 is 5.97 Å². The minimum absolute atomic E-state index is 0.367. The zero-order chi connectivity index (χ0) is 14.8. The molecule has 0 atom stereocenters. The van der Waals surface area contributed by atoms with Crippen LogP contribution in [-0.2, 0) is 11.2 Å². The highest BCUT2D eigenvalue weighted by Gasteiger charge is 2.04. The van der Waals surface area contributed by atoms with Crippen molar-refractivity contribution in [3.63, 3.8) is 0 Å². The summed E-state index contributed by atoms with van der Waals surface area (Å²) in [6.07, 6.45) is 8.96. The largest absolute Gasteiger partial charge is 0.423 e. The quantitative estimate of drug-likeness (QED) is 0.272. The predicted molar refractivity (Wildman–Crippen MR) is 84.0 cm³/mol. The highest BCUT2D eigenvalue weighted by atomic mass is 16.5. The third kappa shape index (κ3) is 6.55. The van der Waals surface area contributed by atoms with Gasteiger partial charge in [0.2, 0.25) is 0 Å². The highest BCUT2D eigenvalue weighted by Crippen LogP contribution is 2.16. The van der Waals surface area contributed by atoms with Crippen LogP contribution in [0.5, 0.6) is 5.75 Å². The van der Waals surface area contributed by atoms with Crippen molar-refractivity contribution in [2.75, 3.05) is 0 Å². The molecule has 0 saturated heterocycles. The Hall–Kier alpha value is -1.57. The SMILES string of the molecule is C=C(C)C(=O)Oc1ccc(CCCCCCCC)cc1. The van der Waals surface area contributed by atoms with Gasteiger partial charge in [-0.05, 0) is 37.5 Å². The van der Waals surface area contributed by atoms with Gasteiger partial charge in [-0.25, -0.2) is 4.79 Å². The van der Waals surface area contributed by atoms with Crippen LogP contribution in [0.4, 0.5) is 0 Å². The van der Waals surface area contributed by atoms with Crippen LogP contribution in [0.15, 0.2) is 36.4 Å². The molecule has 0 aromatic heterocycles. The summed E-state index contributed by atoms with van der Waals surface area (Å²) in [5.74, 6) is 0.221. The van der Waals surface area contributed by atoms with Crippen molar-refractivity contribution in [1.82, 2.24) is 0 Å². The number of hydrogen-bond acceptors (Lipinski definition) is 2. The maximum absolute atomic E-state index is 11.4. The van der Waals surface area contributed by atoms with Crippen molar-refractivity contribution in [1.29, 1.82) is 0 Å². The van der Waals surface area contributed by atoms with Crippen molar-refractivity contribution in [2.24, 2.45) is 0 Å². The van der Waals surface area contributed by atoms with Gasteiger partial charge in [-0.1, -0.05) is 57.7 Å². The molecule has 0 heterocycles. The number of aryl methyl sites for hydroxylation is 1. The van der Waals surface area contributed by atoms with E-state index in [1.807, 2.05) is 24.3 Å². The van der Waals surface area contributed by atoms with Crippen molar-refractivity contribution in [2.45, 2.75) is 58.8 Å². The molecule has 20 heavy (non-hydrogen) atoms. The molecule has 0 unspecified atom stereocenters. The summed E-state index contributed by atoms with van der Waals surface area (Å²) in [6.45, 7) is 7.45. The lowest BCUT2D eigenvalue weighted by molar-refractivity contribution is -0.130. The Morgan fingerprint density at radius 1 is 1.05 bits per heavy atom. The molecule has 2 nitrogen and oxygen atoms in total. The Bertz CT molecular complexity index is 418. The smallest absolute Gasteiger partial charge is 0.338 e. The van der Waals surface area contributed by atoms with Gasteiger partial charge in [0.25, 0.3) is 0 Å². The van der Waals surface area contributed by atoms with E-state index in [0.717, 1.165) is 6.42 Å². The highest BCUT2D eigenvalue weighted by molar-refractivity contribution is 5.88. The van der Waals surface area contributed by atoms with Gasteiger partial charge in [-0.3, -0.25) is 0 Å². The number of benzene rings is 1. The lowest BCUT2D eigenvalue weighted by Gasteiger charge is -2.05. The molecule has 1 aromatic rings. The molecule has 0 aliphatic carbocycles. The van der Waals surface area contributed by atoms with E-state index in [0.29, 0.717) is 11.3 Å². The van der Waals surface area contributed by atoms with Crippen molar-refractivity contribution in [3.8, 4) is 5.75 Å². The summed E-state index contributed by atoms with van der Waals surface area (Å²) in [4.78, 5) is 11.4. The van der Waals surface area contributed by atoms with E-state index >= 15 is 0 Å². The van der Waals surface area contributed by atoms with Gasteiger partial charge in [0.1, 0.15) is 5.75 Å².